The van der Waals surface area contributed by atoms with E-state index in [1.165, 1.54) is 11.3 Å². The van der Waals surface area contributed by atoms with Crippen molar-refractivity contribution in [1.29, 1.82) is 0 Å². The van der Waals surface area contributed by atoms with E-state index in [2.05, 4.69) is 26.2 Å². The van der Waals surface area contributed by atoms with Crippen molar-refractivity contribution in [3.63, 3.8) is 0 Å². The largest absolute Gasteiger partial charge is 0.379 e. The SMILES string of the molecule is CNc1cnc(-c2cc3c(Br)cccc3n2C(F)C(F)F)s1. The Bertz CT molecular complexity index is 815. The molecule has 1 unspecified atom stereocenters. The molecule has 22 heavy (non-hydrogen) atoms. The molecule has 3 aromatic rings. The van der Waals surface area contributed by atoms with Crippen molar-refractivity contribution in [3.05, 3.63) is 34.9 Å². The number of halogens is 4. The van der Waals surface area contributed by atoms with Gasteiger partial charge in [-0.3, -0.25) is 0 Å². The minimum Gasteiger partial charge on any atom is -0.379 e. The second-order valence-corrected chi connectivity index (χ2v) is 6.44. The zero-order chi connectivity index (χ0) is 15.9. The number of fused-ring (bicyclic) bond motifs is 1. The number of hydrogen-bond donors (Lipinski definition) is 1. The zero-order valence-electron chi connectivity index (χ0n) is 11.4. The molecule has 116 valence electrons. The summed E-state index contributed by atoms with van der Waals surface area (Å²) < 4.78 is 41.8. The Hall–Kier alpha value is -1.54. The lowest BCUT2D eigenvalue weighted by Crippen LogP contribution is -2.13. The molecule has 3 nitrogen and oxygen atoms in total. The number of anilines is 1. The Morgan fingerprint density at radius 1 is 1.32 bits per heavy atom. The van der Waals surface area contributed by atoms with Crippen LogP contribution >= 0.6 is 27.3 Å². The van der Waals surface area contributed by atoms with Gasteiger partial charge in [0.05, 0.1) is 17.4 Å². The molecule has 0 fully saturated rings. The molecule has 0 amide bonds. The molecule has 0 aliphatic rings. The fourth-order valence-corrected chi connectivity index (χ4v) is 3.52. The number of hydrogen-bond acceptors (Lipinski definition) is 3. The number of nitrogens with zero attached hydrogens (tertiary/aromatic N) is 2. The van der Waals surface area contributed by atoms with Crippen molar-refractivity contribution in [2.24, 2.45) is 0 Å². The van der Waals surface area contributed by atoms with Crippen molar-refractivity contribution >= 4 is 43.2 Å². The molecule has 2 heterocycles. The summed E-state index contributed by atoms with van der Waals surface area (Å²) in [4.78, 5) is 4.19. The number of benzene rings is 1. The first-order valence-electron chi connectivity index (χ1n) is 6.38. The van der Waals surface area contributed by atoms with E-state index in [9.17, 15) is 13.2 Å². The van der Waals surface area contributed by atoms with Gasteiger partial charge >= 0.3 is 0 Å². The van der Waals surface area contributed by atoms with Crippen LogP contribution in [0.1, 0.15) is 6.30 Å². The maximum atomic E-state index is 14.1. The quantitative estimate of drug-likeness (QED) is 0.655. The summed E-state index contributed by atoms with van der Waals surface area (Å²) in [6.07, 6.45) is -3.95. The topological polar surface area (TPSA) is 29.9 Å². The third kappa shape index (κ3) is 2.50. The van der Waals surface area contributed by atoms with Crippen LogP contribution in [0.15, 0.2) is 34.9 Å². The van der Waals surface area contributed by atoms with Gasteiger partial charge in [0.2, 0.25) is 6.30 Å². The predicted octanol–water partition coefficient (Wildman–Crippen LogP) is 5.30. The molecule has 0 saturated carbocycles. The molecule has 0 bridgehead atoms. The lowest BCUT2D eigenvalue weighted by Gasteiger charge is -2.14. The van der Waals surface area contributed by atoms with Gasteiger partial charge in [0, 0.05) is 16.9 Å². The van der Waals surface area contributed by atoms with E-state index in [4.69, 9.17) is 0 Å². The highest BCUT2D eigenvalue weighted by Crippen LogP contribution is 2.39. The van der Waals surface area contributed by atoms with Crippen molar-refractivity contribution in [2.45, 2.75) is 12.7 Å². The monoisotopic (exact) mass is 389 g/mol. The van der Waals surface area contributed by atoms with Crippen LogP contribution in [-0.4, -0.2) is 23.0 Å². The minimum atomic E-state index is -3.11. The first-order chi connectivity index (χ1) is 10.5. The Morgan fingerprint density at radius 2 is 2.09 bits per heavy atom. The van der Waals surface area contributed by atoms with Crippen LogP contribution in [0.5, 0.6) is 0 Å². The van der Waals surface area contributed by atoms with Gasteiger partial charge in [-0.1, -0.05) is 33.3 Å². The predicted molar refractivity (Wildman–Crippen MR) is 86.4 cm³/mol. The number of rotatable bonds is 4. The van der Waals surface area contributed by atoms with Crippen molar-refractivity contribution in [2.75, 3.05) is 12.4 Å². The van der Waals surface area contributed by atoms with Gasteiger partial charge in [-0.25, -0.2) is 18.2 Å². The third-order valence-corrected chi connectivity index (χ3v) is 4.98. The molecule has 1 aromatic carbocycles. The smallest absolute Gasteiger partial charge is 0.288 e. The first-order valence-corrected chi connectivity index (χ1v) is 7.99. The molecular formula is C14H11BrF3N3S. The highest BCUT2D eigenvalue weighted by molar-refractivity contribution is 9.10. The van der Waals surface area contributed by atoms with Gasteiger partial charge in [0.1, 0.15) is 10.0 Å². The second kappa shape index (κ2) is 5.92. The van der Waals surface area contributed by atoms with E-state index in [0.29, 0.717) is 21.6 Å². The molecule has 8 heteroatoms. The van der Waals surface area contributed by atoms with Crippen molar-refractivity contribution in [1.82, 2.24) is 9.55 Å². The summed E-state index contributed by atoms with van der Waals surface area (Å²) in [5.74, 6) is 0. The molecule has 0 radical (unpaired) electrons. The van der Waals surface area contributed by atoms with Gasteiger partial charge < -0.3 is 9.88 Å². The lowest BCUT2D eigenvalue weighted by atomic mass is 10.2. The highest BCUT2D eigenvalue weighted by atomic mass is 79.9. The van der Waals surface area contributed by atoms with Gasteiger partial charge in [-0.05, 0) is 18.2 Å². The number of aromatic nitrogens is 2. The Kier molecular flexibility index (Phi) is 4.14. The van der Waals surface area contributed by atoms with E-state index in [0.717, 1.165) is 14.0 Å². The van der Waals surface area contributed by atoms with E-state index < -0.39 is 12.7 Å². The average Bonchev–Trinajstić information content (AvgIpc) is 3.11. The molecular weight excluding hydrogens is 379 g/mol. The van der Waals surface area contributed by atoms with E-state index in [1.54, 1.807) is 37.5 Å². The van der Waals surface area contributed by atoms with Gasteiger partial charge in [0.15, 0.2) is 0 Å². The summed E-state index contributed by atoms with van der Waals surface area (Å²) in [5.41, 5.74) is 0.736. The fourth-order valence-electron chi connectivity index (χ4n) is 2.27. The van der Waals surface area contributed by atoms with Crippen molar-refractivity contribution in [3.8, 4) is 10.7 Å². The number of nitrogens with one attached hydrogen (secondary N) is 1. The average molecular weight is 390 g/mol. The molecule has 3 rings (SSSR count). The van der Waals surface area contributed by atoms with Gasteiger partial charge in [-0.2, -0.15) is 0 Å². The number of alkyl halides is 3. The summed E-state index contributed by atoms with van der Waals surface area (Å²) >= 11 is 4.65. The molecule has 1 atom stereocenters. The van der Waals surface area contributed by atoms with Crippen LogP contribution in [0, 0.1) is 0 Å². The summed E-state index contributed by atoms with van der Waals surface area (Å²) in [5, 5.41) is 4.86. The van der Waals surface area contributed by atoms with Crippen LogP contribution in [-0.2, 0) is 0 Å². The second-order valence-electron chi connectivity index (χ2n) is 4.56. The minimum absolute atomic E-state index is 0.334. The van der Waals surface area contributed by atoms with Crippen LogP contribution in [0.4, 0.5) is 18.2 Å². The lowest BCUT2D eigenvalue weighted by molar-refractivity contribution is 0.0115. The molecule has 0 spiro atoms. The molecule has 0 aliphatic carbocycles. The normalized spacial score (nSPS) is 13.0. The van der Waals surface area contributed by atoms with Crippen LogP contribution in [0.25, 0.3) is 21.6 Å². The molecule has 0 saturated heterocycles. The summed E-state index contributed by atoms with van der Waals surface area (Å²) in [6.45, 7) is 0. The van der Waals surface area contributed by atoms with E-state index in [1.807, 2.05) is 0 Å². The van der Waals surface area contributed by atoms with E-state index >= 15 is 0 Å². The van der Waals surface area contributed by atoms with Crippen LogP contribution in [0.3, 0.4) is 0 Å². The molecule has 0 aliphatic heterocycles. The Balaban J connectivity index is 2.28. The van der Waals surface area contributed by atoms with Crippen LogP contribution < -0.4 is 5.32 Å². The highest BCUT2D eigenvalue weighted by Gasteiger charge is 2.27. The Labute approximate surface area is 136 Å². The first kappa shape index (κ1) is 15.4. The maximum Gasteiger partial charge on any atom is 0.288 e. The van der Waals surface area contributed by atoms with Crippen molar-refractivity contribution < 1.29 is 13.2 Å². The molecule has 2 aromatic heterocycles. The van der Waals surface area contributed by atoms with Gasteiger partial charge in [0.25, 0.3) is 6.43 Å². The zero-order valence-corrected chi connectivity index (χ0v) is 13.8. The maximum absolute atomic E-state index is 14.1. The number of thiazole rings is 1. The fraction of sp³-hybridized carbons (Fsp3) is 0.214. The standard InChI is InChI=1S/C14H11BrF3N3S/c1-19-11-6-20-14(22-11)10-5-7-8(15)3-2-4-9(7)21(10)13(18)12(16)17/h2-6,12-13,19H,1H3. The van der Waals surface area contributed by atoms with Crippen LogP contribution in [0.2, 0.25) is 0 Å². The van der Waals surface area contributed by atoms with Gasteiger partial charge in [-0.15, -0.1) is 0 Å². The summed E-state index contributed by atoms with van der Waals surface area (Å²) in [7, 11) is 1.74. The Morgan fingerprint density at radius 3 is 2.73 bits per heavy atom. The van der Waals surface area contributed by atoms with E-state index in [-0.39, 0.29) is 0 Å². The summed E-state index contributed by atoms with van der Waals surface area (Å²) in [6, 6.07) is 6.76. The third-order valence-electron chi connectivity index (χ3n) is 3.26. The molecule has 1 N–H and O–H groups in total.